The Kier molecular flexibility index (Phi) is 2.28. The minimum atomic E-state index is 1.32. The average molecular weight is 378 g/mol. The summed E-state index contributed by atoms with van der Waals surface area (Å²) in [5, 5.41) is 10.9. The van der Waals surface area contributed by atoms with E-state index in [1.54, 1.807) is 0 Å². The first-order valence-electron chi connectivity index (χ1n) is 7.08. The van der Waals surface area contributed by atoms with Crippen molar-refractivity contribution in [3.05, 3.63) is 70.3 Å². The first-order chi connectivity index (χ1) is 10.3. The second kappa shape index (κ2) is 4.08. The van der Waals surface area contributed by atoms with Gasteiger partial charge in [-0.25, -0.2) is 0 Å². The molecule has 0 aliphatic carbocycles. The van der Waals surface area contributed by atoms with Gasteiger partial charge in [-0.05, 0) is 77.8 Å². The molecule has 5 aromatic carbocycles. The first kappa shape index (κ1) is 11.8. The number of rotatable bonds is 0. The zero-order valence-electron chi connectivity index (χ0n) is 11.2. The highest BCUT2D eigenvalue weighted by Crippen LogP contribution is 2.40. The molecule has 5 rings (SSSR count). The Morgan fingerprint density at radius 2 is 1.33 bits per heavy atom. The molecule has 21 heavy (non-hydrogen) atoms. The van der Waals surface area contributed by atoms with E-state index in [2.05, 4.69) is 89.3 Å². The summed E-state index contributed by atoms with van der Waals surface area (Å²) in [5.41, 5.74) is 0. The molecule has 0 fully saturated rings. The van der Waals surface area contributed by atoms with E-state index < -0.39 is 0 Å². The van der Waals surface area contributed by atoms with Crippen LogP contribution in [0.5, 0.6) is 0 Å². The SMILES string of the molecule is Ic1cc2cccc3ccc4c5ccccc5cc1c4c32. The highest BCUT2D eigenvalue weighted by Gasteiger charge is 2.12. The Labute approximate surface area is 135 Å². The molecule has 0 heterocycles. The van der Waals surface area contributed by atoms with Gasteiger partial charge in [-0.15, -0.1) is 0 Å². The Balaban J connectivity index is 2.25. The molecule has 0 aliphatic rings. The minimum Gasteiger partial charge on any atom is -0.0616 e. The lowest BCUT2D eigenvalue weighted by Crippen LogP contribution is -1.88. The minimum absolute atomic E-state index is 1.32. The number of hydrogen-bond donors (Lipinski definition) is 0. The number of hydrogen-bond acceptors (Lipinski definition) is 0. The molecule has 0 unspecified atom stereocenters. The van der Waals surface area contributed by atoms with Gasteiger partial charge < -0.3 is 0 Å². The van der Waals surface area contributed by atoms with Crippen molar-refractivity contribution in [1.82, 2.24) is 0 Å². The van der Waals surface area contributed by atoms with Crippen molar-refractivity contribution in [3.63, 3.8) is 0 Å². The van der Waals surface area contributed by atoms with Crippen molar-refractivity contribution in [2.24, 2.45) is 0 Å². The standard InChI is InChI=1S/C20H11I/c21-18-11-14-6-3-5-12-8-9-16-15-7-2-1-4-13(15)10-17(18)20(16)19(12)14/h1-11H. The van der Waals surface area contributed by atoms with Crippen molar-refractivity contribution < 1.29 is 0 Å². The summed E-state index contributed by atoms with van der Waals surface area (Å²) in [6.07, 6.45) is 0. The molecule has 0 N–H and O–H groups in total. The summed E-state index contributed by atoms with van der Waals surface area (Å²) in [7, 11) is 0. The maximum atomic E-state index is 2.47. The lowest BCUT2D eigenvalue weighted by Gasteiger charge is -2.14. The van der Waals surface area contributed by atoms with E-state index in [0.29, 0.717) is 0 Å². The fourth-order valence-corrected chi connectivity index (χ4v) is 4.29. The number of fused-ring (bicyclic) bond motifs is 2. The second-order valence-corrected chi connectivity index (χ2v) is 6.73. The van der Waals surface area contributed by atoms with Crippen LogP contribution in [0.4, 0.5) is 0 Å². The summed E-state index contributed by atoms with van der Waals surface area (Å²) in [6.45, 7) is 0. The van der Waals surface area contributed by atoms with Crippen LogP contribution in [-0.4, -0.2) is 0 Å². The van der Waals surface area contributed by atoms with Crippen LogP contribution in [0.25, 0.3) is 43.1 Å². The van der Waals surface area contributed by atoms with Crippen LogP contribution in [0.2, 0.25) is 0 Å². The lowest BCUT2D eigenvalue weighted by atomic mass is 9.91. The van der Waals surface area contributed by atoms with E-state index in [1.807, 2.05) is 0 Å². The summed E-state index contributed by atoms with van der Waals surface area (Å²) in [6, 6.07) is 24.4. The maximum absolute atomic E-state index is 2.47. The van der Waals surface area contributed by atoms with Crippen LogP contribution >= 0.6 is 22.6 Å². The number of halogens is 1. The van der Waals surface area contributed by atoms with Crippen molar-refractivity contribution >= 4 is 65.7 Å². The highest BCUT2D eigenvalue weighted by molar-refractivity contribution is 14.1. The van der Waals surface area contributed by atoms with Crippen LogP contribution in [-0.2, 0) is 0 Å². The van der Waals surface area contributed by atoms with Gasteiger partial charge in [-0.2, -0.15) is 0 Å². The van der Waals surface area contributed by atoms with Gasteiger partial charge in [0.1, 0.15) is 0 Å². The fourth-order valence-electron chi connectivity index (χ4n) is 3.53. The summed E-state index contributed by atoms with van der Waals surface area (Å²) >= 11 is 2.47. The Morgan fingerprint density at radius 1 is 0.524 bits per heavy atom. The van der Waals surface area contributed by atoms with E-state index in [9.17, 15) is 0 Å². The van der Waals surface area contributed by atoms with E-state index in [0.717, 1.165) is 0 Å². The topological polar surface area (TPSA) is 0 Å². The third-order valence-electron chi connectivity index (χ3n) is 4.44. The highest BCUT2D eigenvalue weighted by atomic mass is 127. The van der Waals surface area contributed by atoms with Crippen molar-refractivity contribution in [2.45, 2.75) is 0 Å². The first-order valence-corrected chi connectivity index (χ1v) is 8.15. The predicted octanol–water partition coefficient (Wildman–Crippen LogP) is 6.34. The smallest absolute Gasteiger partial charge is 0.0215 e. The van der Waals surface area contributed by atoms with Crippen molar-refractivity contribution in [2.75, 3.05) is 0 Å². The Hall–Kier alpha value is -1.87. The molecule has 0 amide bonds. The largest absolute Gasteiger partial charge is 0.0616 e. The van der Waals surface area contributed by atoms with Gasteiger partial charge in [0.05, 0.1) is 0 Å². The number of benzene rings is 5. The van der Waals surface area contributed by atoms with Gasteiger partial charge in [-0.3, -0.25) is 0 Å². The molecule has 5 aromatic rings. The zero-order chi connectivity index (χ0) is 14.0. The van der Waals surface area contributed by atoms with Gasteiger partial charge in [0.2, 0.25) is 0 Å². The normalized spacial score (nSPS) is 12.0. The lowest BCUT2D eigenvalue weighted by molar-refractivity contribution is 1.76. The Bertz CT molecular complexity index is 1140. The predicted molar refractivity (Wildman–Crippen MR) is 100 cm³/mol. The van der Waals surface area contributed by atoms with Crippen LogP contribution in [0.1, 0.15) is 0 Å². The maximum Gasteiger partial charge on any atom is 0.0215 e. The molecule has 0 aromatic heterocycles. The molecule has 0 aliphatic heterocycles. The third kappa shape index (κ3) is 1.50. The van der Waals surface area contributed by atoms with Gasteiger partial charge in [0, 0.05) is 3.57 Å². The van der Waals surface area contributed by atoms with Gasteiger partial charge in [0.15, 0.2) is 0 Å². The molecule has 0 radical (unpaired) electrons. The molecule has 0 atom stereocenters. The fraction of sp³-hybridized carbons (Fsp3) is 0. The van der Waals surface area contributed by atoms with E-state index in [-0.39, 0.29) is 0 Å². The second-order valence-electron chi connectivity index (χ2n) is 5.57. The Morgan fingerprint density at radius 3 is 2.29 bits per heavy atom. The average Bonchev–Trinajstić information content (AvgIpc) is 2.53. The molecular formula is C20H11I. The molecule has 0 spiro atoms. The monoisotopic (exact) mass is 378 g/mol. The molecule has 0 saturated carbocycles. The summed E-state index contributed by atoms with van der Waals surface area (Å²) in [4.78, 5) is 0. The van der Waals surface area contributed by atoms with E-state index in [4.69, 9.17) is 0 Å². The summed E-state index contributed by atoms with van der Waals surface area (Å²) in [5.74, 6) is 0. The van der Waals surface area contributed by atoms with E-state index >= 15 is 0 Å². The molecule has 1 heteroatoms. The molecule has 98 valence electrons. The molecule has 0 bridgehead atoms. The van der Waals surface area contributed by atoms with Crippen molar-refractivity contribution in [1.29, 1.82) is 0 Å². The van der Waals surface area contributed by atoms with Crippen LogP contribution < -0.4 is 0 Å². The zero-order valence-corrected chi connectivity index (χ0v) is 13.4. The molecule has 0 nitrogen and oxygen atoms in total. The summed E-state index contributed by atoms with van der Waals surface area (Å²) < 4.78 is 1.33. The van der Waals surface area contributed by atoms with Gasteiger partial charge in [0.25, 0.3) is 0 Å². The van der Waals surface area contributed by atoms with Crippen LogP contribution in [0, 0.1) is 3.57 Å². The third-order valence-corrected chi connectivity index (χ3v) is 5.33. The van der Waals surface area contributed by atoms with Gasteiger partial charge in [-0.1, -0.05) is 54.6 Å². The quantitative estimate of drug-likeness (QED) is 0.168. The van der Waals surface area contributed by atoms with Crippen LogP contribution in [0.15, 0.2) is 66.7 Å². The molecular weight excluding hydrogens is 367 g/mol. The van der Waals surface area contributed by atoms with E-state index in [1.165, 1.54) is 46.7 Å². The van der Waals surface area contributed by atoms with Crippen molar-refractivity contribution in [3.8, 4) is 0 Å². The van der Waals surface area contributed by atoms with Crippen LogP contribution in [0.3, 0.4) is 0 Å². The van der Waals surface area contributed by atoms with Gasteiger partial charge >= 0.3 is 0 Å². The molecule has 0 saturated heterocycles.